The van der Waals surface area contributed by atoms with E-state index in [9.17, 15) is 0 Å². The number of nitrogen functional groups attached to an aromatic ring is 1. The van der Waals surface area contributed by atoms with Crippen LogP contribution >= 0.6 is 0 Å². The van der Waals surface area contributed by atoms with Gasteiger partial charge in [-0.3, -0.25) is 4.99 Å². The van der Waals surface area contributed by atoms with Crippen molar-refractivity contribution in [3.8, 4) is 0 Å². The molecule has 1 aliphatic heterocycles. The monoisotopic (exact) mass is 337 g/mol. The maximum Gasteiger partial charge on any atom is 0.128 e. The van der Waals surface area contributed by atoms with Gasteiger partial charge in [-0.25, -0.2) is 0 Å². The molecule has 1 aliphatic rings. The first-order chi connectivity index (χ1) is 12.1. The van der Waals surface area contributed by atoms with E-state index < -0.39 is 0 Å². The Morgan fingerprint density at radius 1 is 1.04 bits per heavy atom. The molecule has 2 aromatic rings. The van der Waals surface area contributed by atoms with Gasteiger partial charge in [0.2, 0.25) is 0 Å². The van der Waals surface area contributed by atoms with Crippen molar-refractivity contribution in [1.29, 1.82) is 0 Å². The van der Waals surface area contributed by atoms with Gasteiger partial charge in [0, 0.05) is 24.3 Å². The number of nitrogens with zero attached hydrogens (tertiary/aromatic N) is 1. The molecule has 0 fully saturated rings. The molecule has 0 aromatic heterocycles. The van der Waals surface area contributed by atoms with Crippen molar-refractivity contribution in [2.75, 3.05) is 18.8 Å². The number of hydrogen-bond donors (Lipinski definition) is 2. The van der Waals surface area contributed by atoms with E-state index in [-0.39, 0.29) is 0 Å². The molecule has 0 saturated carbocycles. The first kappa shape index (κ1) is 19.0. The summed E-state index contributed by atoms with van der Waals surface area (Å²) in [7, 11) is 0. The van der Waals surface area contributed by atoms with Crippen LogP contribution in [0.25, 0.3) is 0 Å². The third kappa shape index (κ3) is 5.09. The zero-order valence-electron chi connectivity index (χ0n) is 16.0. The van der Waals surface area contributed by atoms with Gasteiger partial charge in [-0.05, 0) is 67.5 Å². The highest BCUT2D eigenvalue weighted by Crippen LogP contribution is 2.16. The number of aliphatic imine (C=N–C) groups is 1. The van der Waals surface area contributed by atoms with E-state index in [0.717, 1.165) is 43.9 Å². The van der Waals surface area contributed by atoms with Gasteiger partial charge in [-0.2, -0.15) is 0 Å². The molecule has 2 aromatic carbocycles. The zero-order chi connectivity index (χ0) is 18.2. The molecule has 3 N–H and O–H groups in total. The number of rotatable bonds is 3. The molecule has 3 nitrogen and oxygen atoms in total. The summed E-state index contributed by atoms with van der Waals surface area (Å²) >= 11 is 0. The second-order valence-corrected chi connectivity index (χ2v) is 6.50. The molecular formula is C22H31N3. The summed E-state index contributed by atoms with van der Waals surface area (Å²) in [5.41, 5.74) is 13.2. The van der Waals surface area contributed by atoms with Crippen LogP contribution in [0.1, 0.15) is 48.1 Å². The van der Waals surface area contributed by atoms with Crippen LogP contribution < -0.4 is 11.1 Å². The largest absolute Gasteiger partial charge is 0.399 e. The Balaban J connectivity index is 0.000000196. The summed E-state index contributed by atoms with van der Waals surface area (Å²) < 4.78 is 0. The molecule has 25 heavy (non-hydrogen) atoms. The van der Waals surface area contributed by atoms with Crippen molar-refractivity contribution >= 4 is 11.5 Å². The molecule has 0 amide bonds. The summed E-state index contributed by atoms with van der Waals surface area (Å²) in [5, 5.41) is 3.39. The summed E-state index contributed by atoms with van der Waals surface area (Å²) in [4.78, 5) is 4.55. The average Bonchev–Trinajstić information content (AvgIpc) is 2.63. The lowest BCUT2D eigenvalue weighted by molar-refractivity contribution is 0.741. The quantitative estimate of drug-likeness (QED) is 0.814. The second kappa shape index (κ2) is 9.26. The molecule has 0 aliphatic carbocycles. The van der Waals surface area contributed by atoms with E-state index in [2.05, 4.69) is 62.3 Å². The Bertz CT molecular complexity index is 732. The minimum atomic E-state index is 0.856. The lowest BCUT2D eigenvalue weighted by Gasteiger charge is -2.18. The van der Waals surface area contributed by atoms with Gasteiger partial charge in [-0.15, -0.1) is 0 Å². The fourth-order valence-corrected chi connectivity index (χ4v) is 3.22. The predicted octanol–water partition coefficient (Wildman–Crippen LogP) is 4.44. The normalized spacial score (nSPS) is 13.4. The molecule has 0 saturated heterocycles. The van der Waals surface area contributed by atoms with Gasteiger partial charge < -0.3 is 11.1 Å². The SMILES string of the molecule is CCc1c(C)cccc1C1=NCCCN1.CCc1ccc(N)cc1C. The van der Waals surface area contributed by atoms with Crippen molar-refractivity contribution in [3.63, 3.8) is 0 Å². The topological polar surface area (TPSA) is 50.4 Å². The van der Waals surface area contributed by atoms with E-state index in [1.54, 1.807) is 0 Å². The average molecular weight is 338 g/mol. The number of amidine groups is 1. The number of hydrogen-bond acceptors (Lipinski definition) is 3. The highest BCUT2D eigenvalue weighted by atomic mass is 15.0. The van der Waals surface area contributed by atoms with Crippen molar-refractivity contribution in [1.82, 2.24) is 5.32 Å². The van der Waals surface area contributed by atoms with Gasteiger partial charge in [-0.1, -0.05) is 38.1 Å². The highest BCUT2D eigenvalue weighted by molar-refractivity contribution is 6.00. The van der Waals surface area contributed by atoms with Crippen molar-refractivity contribution in [3.05, 3.63) is 64.2 Å². The summed E-state index contributed by atoms with van der Waals surface area (Å²) in [6, 6.07) is 12.5. The van der Waals surface area contributed by atoms with Crippen molar-refractivity contribution < 1.29 is 0 Å². The number of aryl methyl sites for hydroxylation is 3. The molecule has 0 unspecified atom stereocenters. The Morgan fingerprint density at radius 3 is 2.44 bits per heavy atom. The third-order valence-corrected chi connectivity index (χ3v) is 4.66. The molecule has 3 heteroatoms. The molecule has 0 bridgehead atoms. The van der Waals surface area contributed by atoms with Crippen LogP contribution in [0.5, 0.6) is 0 Å². The zero-order valence-corrected chi connectivity index (χ0v) is 16.0. The number of nitrogens with one attached hydrogen (secondary N) is 1. The Labute approximate surface area is 152 Å². The second-order valence-electron chi connectivity index (χ2n) is 6.50. The van der Waals surface area contributed by atoms with E-state index in [0.29, 0.717) is 0 Å². The molecule has 0 spiro atoms. The highest BCUT2D eigenvalue weighted by Gasteiger charge is 2.11. The van der Waals surface area contributed by atoms with Crippen LogP contribution in [0.15, 0.2) is 41.4 Å². The van der Waals surface area contributed by atoms with Crippen LogP contribution in [-0.2, 0) is 12.8 Å². The van der Waals surface area contributed by atoms with Crippen LogP contribution in [-0.4, -0.2) is 18.9 Å². The standard InChI is InChI=1S/C13H18N2.C9H13N/c1-3-11-10(2)6-4-7-12(11)13-14-8-5-9-15-13;1-3-8-4-5-9(10)6-7(8)2/h4,6-7H,3,5,8-9H2,1-2H3,(H,14,15);4-6H,3,10H2,1-2H3. The first-order valence-electron chi connectivity index (χ1n) is 9.29. The fourth-order valence-electron chi connectivity index (χ4n) is 3.22. The molecule has 134 valence electrons. The fraction of sp³-hybridized carbons (Fsp3) is 0.409. The minimum absolute atomic E-state index is 0.856. The van der Waals surface area contributed by atoms with E-state index in [1.807, 2.05) is 12.1 Å². The molecule has 3 rings (SSSR count). The van der Waals surface area contributed by atoms with Gasteiger partial charge >= 0.3 is 0 Å². The molecule has 0 radical (unpaired) electrons. The van der Waals surface area contributed by atoms with Crippen LogP contribution in [0.4, 0.5) is 5.69 Å². The molecular weight excluding hydrogens is 306 g/mol. The maximum atomic E-state index is 5.58. The molecule has 0 atom stereocenters. The van der Waals surface area contributed by atoms with Crippen molar-refractivity contribution in [2.24, 2.45) is 4.99 Å². The van der Waals surface area contributed by atoms with Gasteiger partial charge in [0.25, 0.3) is 0 Å². The number of anilines is 1. The van der Waals surface area contributed by atoms with Crippen LogP contribution in [0.2, 0.25) is 0 Å². The van der Waals surface area contributed by atoms with E-state index >= 15 is 0 Å². The van der Waals surface area contributed by atoms with Gasteiger partial charge in [0.15, 0.2) is 0 Å². The maximum absolute atomic E-state index is 5.58. The van der Waals surface area contributed by atoms with Gasteiger partial charge in [0.05, 0.1) is 0 Å². The van der Waals surface area contributed by atoms with Crippen LogP contribution in [0.3, 0.4) is 0 Å². The van der Waals surface area contributed by atoms with Crippen LogP contribution in [0, 0.1) is 13.8 Å². The summed E-state index contributed by atoms with van der Waals surface area (Å²) in [6.45, 7) is 10.6. The van der Waals surface area contributed by atoms with Crippen molar-refractivity contribution in [2.45, 2.75) is 47.0 Å². The lowest BCUT2D eigenvalue weighted by Crippen LogP contribution is -2.31. The third-order valence-electron chi connectivity index (χ3n) is 4.66. The first-order valence-corrected chi connectivity index (χ1v) is 9.29. The number of benzene rings is 2. The number of nitrogens with two attached hydrogens (primary N) is 1. The van der Waals surface area contributed by atoms with Gasteiger partial charge in [0.1, 0.15) is 5.84 Å². The minimum Gasteiger partial charge on any atom is -0.399 e. The Morgan fingerprint density at radius 2 is 1.84 bits per heavy atom. The van der Waals surface area contributed by atoms with E-state index in [1.165, 1.54) is 27.8 Å². The smallest absolute Gasteiger partial charge is 0.128 e. The van der Waals surface area contributed by atoms with E-state index in [4.69, 9.17) is 5.73 Å². The Kier molecular flexibility index (Phi) is 7.05. The summed E-state index contributed by atoms with van der Waals surface area (Å²) in [5.74, 6) is 1.09. The Hall–Kier alpha value is -2.29. The predicted molar refractivity (Wildman–Crippen MR) is 110 cm³/mol. The summed E-state index contributed by atoms with van der Waals surface area (Å²) in [6.07, 6.45) is 3.31. The molecule has 1 heterocycles. The lowest BCUT2D eigenvalue weighted by atomic mass is 9.98.